The summed E-state index contributed by atoms with van der Waals surface area (Å²) in [6.45, 7) is 1.26. The number of carbonyl (C=O) groups excluding carboxylic acids is 3. The molecular weight excluding hydrogens is 416 g/mol. The van der Waals surface area contributed by atoms with E-state index in [9.17, 15) is 14.4 Å². The van der Waals surface area contributed by atoms with E-state index in [1.807, 2.05) is 0 Å². The highest BCUT2D eigenvalue weighted by Gasteiger charge is 2.25. The largest absolute Gasteiger partial charge is 0.451 e. The Morgan fingerprint density at radius 1 is 1.16 bits per heavy atom. The van der Waals surface area contributed by atoms with Crippen LogP contribution >= 0.6 is 11.3 Å². The first-order valence-electron chi connectivity index (χ1n) is 10.0. The van der Waals surface area contributed by atoms with E-state index in [1.165, 1.54) is 22.5 Å². The van der Waals surface area contributed by atoms with E-state index < -0.39 is 0 Å². The summed E-state index contributed by atoms with van der Waals surface area (Å²) in [6.07, 6.45) is 1.43. The van der Waals surface area contributed by atoms with E-state index in [4.69, 9.17) is 4.42 Å². The van der Waals surface area contributed by atoms with Gasteiger partial charge in [0.25, 0.3) is 11.8 Å². The molecule has 1 aromatic carbocycles. The fourth-order valence-corrected chi connectivity index (χ4v) is 4.73. The Labute approximate surface area is 182 Å². The average Bonchev–Trinajstić information content (AvgIpc) is 3.41. The zero-order valence-electron chi connectivity index (χ0n) is 16.9. The number of rotatable bonds is 3. The SMILES string of the molecule is CN1N=C(C(=O)Nc2ccc3oc(C(=O)N4CCc5sccc5C4)cc3c2)CCC1=O. The summed E-state index contributed by atoms with van der Waals surface area (Å²) in [4.78, 5) is 40.1. The first kappa shape index (κ1) is 19.5. The predicted molar refractivity (Wildman–Crippen MR) is 117 cm³/mol. The van der Waals surface area contributed by atoms with Crippen LogP contribution in [0.5, 0.6) is 0 Å². The Morgan fingerprint density at radius 3 is 2.87 bits per heavy atom. The third-order valence-corrected chi connectivity index (χ3v) is 6.57. The summed E-state index contributed by atoms with van der Waals surface area (Å²) in [6, 6.07) is 8.99. The van der Waals surface area contributed by atoms with Crippen LogP contribution in [0.3, 0.4) is 0 Å². The molecule has 2 aliphatic rings. The molecule has 8 nitrogen and oxygen atoms in total. The van der Waals surface area contributed by atoms with Crippen LogP contribution in [0.25, 0.3) is 11.0 Å². The lowest BCUT2D eigenvalue weighted by molar-refractivity contribution is -0.130. The van der Waals surface area contributed by atoms with Gasteiger partial charge in [-0.15, -0.1) is 11.3 Å². The monoisotopic (exact) mass is 436 g/mol. The van der Waals surface area contributed by atoms with Gasteiger partial charge in [0.2, 0.25) is 5.91 Å². The summed E-state index contributed by atoms with van der Waals surface area (Å²) in [5, 5.41) is 10.8. The Balaban J connectivity index is 1.32. The quantitative estimate of drug-likeness (QED) is 0.682. The zero-order chi connectivity index (χ0) is 21.5. The second-order valence-electron chi connectivity index (χ2n) is 7.63. The summed E-state index contributed by atoms with van der Waals surface area (Å²) in [7, 11) is 1.53. The highest BCUT2D eigenvalue weighted by atomic mass is 32.1. The molecule has 0 atom stereocenters. The number of fused-ring (bicyclic) bond motifs is 2. The van der Waals surface area contributed by atoms with Crippen LogP contribution in [0.2, 0.25) is 0 Å². The maximum absolute atomic E-state index is 12.9. The third kappa shape index (κ3) is 3.72. The molecule has 1 N–H and O–H groups in total. The summed E-state index contributed by atoms with van der Waals surface area (Å²) >= 11 is 1.73. The van der Waals surface area contributed by atoms with Crippen LogP contribution in [0, 0.1) is 0 Å². The second kappa shape index (κ2) is 7.66. The molecule has 0 spiro atoms. The summed E-state index contributed by atoms with van der Waals surface area (Å²) < 4.78 is 5.79. The van der Waals surface area contributed by atoms with Crippen LogP contribution in [0.1, 0.15) is 33.8 Å². The number of carbonyl (C=O) groups is 3. The highest BCUT2D eigenvalue weighted by Crippen LogP contribution is 2.28. The van der Waals surface area contributed by atoms with Gasteiger partial charge >= 0.3 is 0 Å². The highest BCUT2D eigenvalue weighted by molar-refractivity contribution is 7.10. The topological polar surface area (TPSA) is 95.2 Å². The van der Waals surface area contributed by atoms with Crippen molar-refractivity contribution in [3.05, 3.63) is 51.9 Å². The van der Waals surface area contributed by atoms with Gasteiger partial charge in [-0.2, -0.15) is 5.10 Å². The van der Waals surface area contributed by atoms with Gasteiger partial charge in [-0.3, -0.25) is 14.4 Å². The molecule has 2 aliphatic heterocycles. The normalized spacial score (nSPS) is 16.3. The Morgan fingerprint density at radius 2 is 2.03 bits per heavy atom. The Hall–Kier alpha value is -3.46. The number of thiophene rings is 1. The summed E-state index contributed by atoms with van der Waals surface area (Å²) in [5.41, 5.74) is 2.65. The summed E-state index contributed by atoms with van der Waals surface area (Å²) in [5.74, 6) is -0.312. The smallest absolute Gasteiger partial charge is 0.289 e. The first-order chi connectivity index (χ1) is 15.0. The van der Waals surface area contributed by atoms with Gasteiger partial charge in [0.05, 0.1) is 0 Å². The molecule has 5 rings (SSSR count). The van der Waals surface area contributed by atoms with Gasteiger partial charge in [-0.1, -0.05) is 0 Å². The van der Waals surface area contributed by atoms with E-state index in [0.717, 1.165) is 11.8 Å². The van der Waals surface area contributed by atoms with Crippen molar-refractivity contribution in [3.8, 4) is 0 Å². The number of hydrogen-bond acceptors (Lipinski definition) is 6. The lowest BCUT2D eigenvalue weighted by Gasteiger charge is -2.26. The van der Waals surface area contributed by atoms with Gasteiger partial charge < -0.3 is 14.6 Å². The fraction of sp³-hybridized carbons (Fsp3) is 0.273. The minimum Gasteiger partial charge on any atom is -0.451 e. The number of anilines is 1. The van der Waals surface area contributed by atoms with Crippen LogP contribution < -0.4 is 5.32 Å². The molecule has 31 heavy (non-hydrogen) atoms. The number of benzene rings is 1. The molecule has 3 aromatic rings. The van der Waals surface area contributed by atoms with E-state index in [1.54, 1.807) is 40.5 Å². The molecule has 2 aromatic heterocycles. The van der Waals surface area contributed by atoms with Gasteiger partial charge in [0.1, 0.15) is 11.3 Å². The molecular formula is C22H20N4O4S. The average molecular weight is 436 g/mol. The van der Waals surface area contributed by atoms with Gasteiger partial charge in [-0.05, 0) is 47.7 Å². The maximum Gasteiger partial charge on any atom is 0.289 e. The molecule has 0 fully saturated rings. The zero-order valence-corrected chi connectivity index (χ0v) is 17.7. The van der Waals surface area contributed by atoms with E-state index in [2.05, 4.69) is 21.9 Å². The molecule has 0 aliphatic carbocycles. The maximum atomic E-state index is 12.9. The standard InChI is InChI=1S/C22H20N4O4S/c1-25-20(27)5-3-16(24-25)21(28)23-15-2-4-17-14(10-15)11-18(30-17)22(29)26-8-6-19-13(12-26)7-9-31-19/h2,4,7,9-11H,3,5-6,8,12H2,1H3,(H,23,28). The van der Waals surface area contributed by atoms with Crippen molar-refractivity contribution in [2.24, 2.45) is 5.10 Å². The number of hydrogen-bond donors (Lipinski definition) is 1. The molecule has 0 saturated carbocycles. The lowest BCUT2D eigenvalue weighted by Crippen LogP contribution is -2.35. The molecule has 0 saturated heterocycles. The second-order valence-corrected chi connectivity index (χ2v) is 8.63. The number of hydrazone groups is 1. The molecule has 9 heteroatoms. The van der Waals surface area contributed by atoms with Crippen LogP contribution in [-0.2, 0) is 22.6 Å². The van der Waals surface area contributed by atoms with Crippen molar-refractivity contribution in [2.75, 3.05) is 18.9 Å². The van der Waals surface area contributed by atoms with Gasteiger partial charge in [0, 0.05) is 48.9 Å². The van der Waals surface area contributed by atoms with Crippen molar-refractivity contribution in [1.82, 2.24) is 9.91 Å². The van der Waals surface area contributed by atoms with Crippen LogP contribution in [-0.4, -0.2) is 46.9 Å². The van der Waals surface area contributed by atoms with E-state index in [0.29, 0.717) is 36.5 Å². The van der Waals surface area contributed by atoms with Crippen molar-refractivity contribution < 1.29 is 18.8 Å². The van der Waals surface area contributed by atoms with Crippen molar-refractivity contribution in [2.45, 2.75) is 25.8 Å². The number of furan rings is 1. The predicted octanol–water partition coefficient (Wildman–Crippen LogP) is 3.24. The van der Waals surface area contributed by atoms with Crippen molar-refractivity contribution in [3.63, 3.8) is 0 Å². The Bertz CT molecular complexity index is 1240. The minimum absolute atomic E-state index is 0.113. The first-order valence-corrected chi connectivity index (χ1v) is 10.9. The Kier molecular flexibility index (Phi) is 4.82. The molecule has 0 bridgehead atoms. The molecule has 0 unspecified atom stereocenters. The number of amides is 3. The van der Waals surface area contributed by atoms with E-state index >= 15 is 0 Å². The van der Waals surface area contributed by atoms with Crippen molar-refractivity contribution in [1.29, 1.82) is 0 Å². The molecule has 4 heterocycles. The van der Waals surface area contributed by atoms with Crippen molar-refractivity contribution >= 4 is 51.4 Å². The van der Waals surface area contributed by atoms with Gasteiger partial charge in [0.15, 0.2) is 5.76 Å². The number of nitrogens with zero attached hydrogens (tertiary/aromatic N) is 3. The molecule has 158 valence electrons. The van der Waals surface area contributed by atoms with Gasteiger partial charge in [-0.25, -0.2) is 5.01 Å². The molecule has 0 radical (unpaired) electrons. The van der Waals surface area contributed by atoms with Crippen LogP contribution in [0.15, 0.2) is 45.2 Å². The van der Waals surface area contributed by atoms with Crippen LogP contribution in [0.4, 0.5) is 5.69 Å². The number of nitrogens with one attached hydrogen (secondary N) is 1. The third-order valence-electron chi connectivity index (χ3n) is 5.55. The minimum atomic E-state index is -0.349. The fourth-order valence-electron chi connectivity index (χ4n) is 3.84. The van der Waals surface area contributed by atoms with E-state index in [-0.39, 0.29) is 29.9 Å². The lowest BCUT2D eigenvalue weighted by atomic mass is 10.1. The molecule has 3 amide bonds.